The molecule has 0 aromatic rings. The Morgan fingerprint density at radius 2 is 1.50 bits per heavy atom. The van der Waals surface area contributed by atoms with E-state index < -0.39 is 8.07 Å². The molecule has 0 saturated heterocycles. The van der Waals surface area contributed by atoms with Gasteiger partial charge >= 0.3 is 0 Å². The van der Waals surface area contributed by atoms with Crippen molar-refractivity contribution in [3.8, 4) is 0 Å². The average Bonchev–Trinajstić information content (AvgIpc) is 2.36. The van der Waals surface area contributed by atoms with Crippen LogP contribution in [0.5, 0.6) is 0 Å². The lowest BCUT2D eigenvalue weighted by Crippen LogP contribution is -2.42. The van der Waals surface area contributed by atoms with Crippen molar-refractivity contribution < 1.29 is 4.79 Å². The molecular weight excluding hydrogens is 260 g/mol. The van der Waals surface area contributed by atoms with Gasteiger partial charge in [-0.25, -0.2) is 0 Å². The third kappa shape index (κ3) is 5.07. The van der Waals surface area contributed by atoms with E-state index in [1.807, 2.05) is 0 Å². The smallest absolute Gasteiger partial charge is 0.153 e. The van der Waals surface area contributed by atoms with Gasteiger partial charge in [0.1, 0.15) is 0 Å². The van der Waals surface area contributed by atoms with Crippen LogP contribution in [0.25, 0.3) is 0 Å². The van der Waals surface area contributed by atoms with Crippen LogP contribution < -0.4 is 0 Å². The summed E-state index contributed by atoms with van der Waals surface area (Å²) in [6.45, 7) is 16.2. The van der Waals surface area contributed by atoms with E-state index in [0.29, 0.717) is 16.6 Å². The molecule has 1 nitrogen and oxygen atoms in total. The largest absolute Gasteiger partial charge is 0.298 e. The van der Waals surface area contributed by atoms with E-state index in [9.17, 15) is 4.79 Å². The summed E-state index contributed by atoms with van der Waals surface area (Å²) in [4.78, 5) is 11.2. The molecule has 0 rings (SSSR count). The lowest BCUT2D eigenvalue weighted by atomic mass is 10.1. The first kappa shape index (κ1) is 19.4. The van der Waals surface area contributed by atoms with E-state index in [0.717, 1.165) is 24.7 Å². The summed E-state index contributed by atoms with van der Waals surface area (Å²) in [6.07, 6.45) is 5.38. The van der Waals surface area contributed by atoms with E-state index in [4.69, 9.17) is 0 Å². The second-order valence-corrected chi connectivity index (χ2v) is 12.6. The lowest BCUT2D eigenvalue weighted by Gasteiger charge is -2.39. The summed E-state index contributed by atoms with van der Waals surface area (Å²) in [5, 5.41) is 0. The molecule has 0 heterocycles. The Morgan fingerprint density at radius 3 is 1.85 bits per heavy atom. The standard InChI is InChI=1S/C18H34OSi/c1-8-9-10-11-18(14-19)12-13-20(15(2)3,16(4)5)17(6)7/h13-17H,8-11H2,1-7H3. The Balaban J connectivity index is 5.39. The van der Waals surface area contributed by atoms with Crippen LogP contribution in [0.15, 0.2) is 17.0 Å². The predicted molar refractivity (Wildman–Crippen MR) is 92.9 cm³/mol. The number of hydrogen-bond acceptors (Lipinski definition) is 1. The van der Waals surface area contributed by atoms with Gasteiger partial charge in [0.15, 0.2) is 6.29 Å². The Morgan fingerprint density at radius 1 is 1.00 bits per heavy atom. The molecule has 0 aromatic carbocycles. The third-order valence-electron chi connectivity index (χ3n) is 4.70. The number of unbranched alkanes of at least 4 members (excludes halogenated alkanes) is 2. The first-order valence-electron chi connectivity index (χ1n) is 8.24. The molecule has 116 valence electrons. The van der Waals surface area contributed by atoms with Gasteiger partial charge in [0, 0.05) is 5.57 Å². The van der Waals surface area contributed by atoms with E-state index in [-0.39, 0.29) is 0 Å². The van der Waals surface area contributed by atoms with Crippen LogP contribution in [0.3, 0.4) is 0 Å². The molecule has 0 atom stereocenters. The lowest BCUT2D eigenvalue weighted by molar-refractivity contribution is -0.105. The molecule has 20 heavy (non-hydrogen) atoms. The maximum atomic E-state index is 11.2. The van der Waals surface area contributed by atoms with Gasteiger partial charge in [0.2, 0.25) is 0 Å². The van der Waals surface area contributed by atoms with Crippen LogP contribution in [-0.2, 0) is 4.79 Å². The van der Waals surface area contributed by atoms with E-state index in [2.05, 4.69) is 59.9 Å². The molecule has 0 aliphatic rings. The van der Waals surface area contributed by atoms with Gasteiger partial charge in [0.05, 0.1) is 8.07 Å². The highest BCUT2D eigenvalue weighted by molar-refractivity contribution is 6.87. The number of allylic oxidation sites excluding steroid dienone is 1. The summed E-state index contributed by atoms with van der Waals surface area (Å²) in [7, 11) is -1.57. The van der Waals surface area contributed by atoms with Crippen LogP contribution in [0.2, 0.25) is 16.6 Å². The molecule has 0 saturated carbocycles. The third-order valence-corrected chi connectivity index (χ3v) is 11.3. The van der Waals surface area contributed by atoms with E-state index >= 15 is 0 Å². The van der Waals surface area contributed by atoms with Crippen LogP contribution in [0.1, 0.15) is 74.1 Å². The quantitative estimate of drug-likeness (QED) is 0.166. The maximum Gasteiger partial charge on any atom is 0.153 e. The first-order chi connectivity index (χ1) is 9.32. The van der Waals surface area contributed by atoms with Gasteiger partial charge in [-0.3, -0.25) is 4.79 Å². The highest BCUT2D eigenvalue weighted by Gasteiger charge is 2.40. The average molecular weight is 295 g/mol. The normalized spacial score (nSPS) is 11.9. The Kier molecular flexibility index (Phi) is 9.08. The zero-order chi connectivity index (χ0) is 15.8. The SMILES string of the molecule is CCCCCC(=C=C[Si](C(C)C)(C(C)C)C(C)C)C=O. The van der Waals surface area contributed by atoms with Gasteiger partial charge < -0.3 is 0 Å². The molecule has 0 N–H and O–H groups in total. The molecule has 0 aliphatic carbocycles. The molecule has 0 radical (unpaired) electrons. The summed E-state index contributed by atoms with van der Waals surface area (Å²) < 4.78 is 0. The highest BCUT2D eigenvalue weighted by atomic mass is 28.3. The van der Waals surface area contributed by atoms with E-state index in [1.165, 1.54) is 12.8 Å². The highest BCUT2D eigenvalue weighted by Crippen LogP contribution is 2.42. The second-order valence-electron chi connectivity index (χ2n) is 6.85. The minimum Gasteiger partial charge on any atom is -0.298 e. The van der Waals surface area contributed by atoms with Gasteiger partial charge in [-0.05, 0) is 29.5 Å². The molecule has 0 aromatic heterocycles. The molecule has 0 bridgehead atoms. The minimum absolute atomic E-state index is 0.679. The Bertz CT molecular complexity index is 325. The van der Waals surface area contributed by atoms with Crippen molar-refractivity contribution in [1.29, 1.82) is 0 Å². The molecule has 0 fully saturated rings. The summed E-state index contributed by atoms with van der Waals surface area (Å²) in [5.41, 5.74) is 8.63. The molecule has 2 heteroatoms. The van der Waals surface area contributed by atoms with E-state index in [1.54, 1.807) is 0 Å². The van der Waals surface area contributed by atoms with Crippen molar-refractivity contribution in [2.45, 2.75) is 90.8 Å². The summed E-state index contributed by atoms with van der Waals surface area (Å²) in [6, 6.07) is 0. The second kappa shape index (κ2) is 9.36. The zero-order valence-electron chi connectivity index (χ0n) is 14.6. The Hall–Kier alpha value is -0.593. The fourth-order valence-electron chi connectivity index (χ4n) is 3.45. The zero-order valence-corrected chi connectivity index (χ0v) is 15.6. The van der Waals surface area contributed by atoms with Crippen molar-refractivity contribution in [3.63, 3.8) is 0 Å². The van der Waals surface area contributed by atoms with Crippen LogP contribution in [-0.4, -0.2) is 14.4 Å². The number of aldehydes is 1. The minimum atomic E-state index is -1.57. The van der Waals surface area contributed by atoms with Gasteiger partial charge in [0.25, 0.3) is 0 Å². The van der Waals surface area contributed by atoms with Gasteiger partial charge in [-0.1, -0.05) is 67.0 Å². The van der Waals surface area contributed by atoms with Gasteiger partial charge in [-0.15, -0.1) is 5.73 Å². The van der Waals surface area contributed by atoms with Crippen LogP contribution in [0.4, 0.5) is 0 Å². The van der Waals surface area contributed by atoms with Crippen molar-refractivity contribution >= 4 is 14.4 Å². The first-order valence-corrected chi connectivity index (χ1v) is 10.6. The van der Waals surface area contributed by atoms with Crippen molar-refractivity contribution in [2.75, 3.05) is 0 Å². The molecule has 0 unspecified atom stereocenters. The summed E-state index contributed by atoms with van der Waals surface area (Å²) in [5.74, 6) is 0. The monoisotopic (exact) mass is 294 g/mol. The van der Waals surface area contributed by atoms with Crippen LogP contribution >= 0.6 is 0 Å². The van der Waals surface area contributed by atoms with Crippen molar-refractivity contribution in [2.24, 2.45) is 0 Å². The maximum absolute atomic E-state index is 11.2. The predicted octanol–water partition coefficient (Wildman–Crippen LogP) is 6.07. The topological polar surface area (TPSA) is 17.1 Å². The fourth-order valence-corrected chi connectivity index (χ4v) is 8.88. The molecular formula is C18H34OSi. The number of rotatable bonds is 9. The summed E-state index contributed by atoms with van der Waals surface area (Å²) >= 11 is 0. The van der Waals surface area contributed by atoms with Crippen molar-refractivity contribution in [3.05, 3.63) is 17.0 Å². The van der Waals surface area contributed by atoms with Crippen molar-refractivity contribution in [1.82, 2.24) is 0 Å². The van der Waals surface area contributed by atoms with Crippen LogP contribution in [0, 0.1) is 0 Å². The molecule has 0 amide bonds. The fraction of sp³-hybridized carbons (Fsp3) is 0.778. The Labute approximate surface area is 127 Å². The van der Waals surface area contributed by atoms with Gasteiger partial charge in [-0.2, -0.15) is 0 Å². The number of carbonyl (C=O) groups excluding carboxylic acids is 1. The molecule has 0 aliphatic heterocycles. The number of hydrogen-bond donors (Lipinski definition) is 0. The molecule has 0 spiro atoms. The number of carbonyl (C=O) groups is 1.